The molecule has 1 aromatic heterocycles. The van der Waals surface area contributed by atoms with Gasteiger partial charge < -0.3 is 0 Å². The van der Waals surface area contributed by atoms with Gasteiger partial charge in [-0.1, -0.05) is 11.6 Å². The van der Waals surface area contributed by atoms with Gasteiger partial charge in [-0.05, 0) is 24.3 Å². The van der Waals surface area contributed by atoms with Crippen LogP contribution in [0, 0.1) is 0 Å². The van der Waals surface area contributed by atoms with E-state index in [-0.39, 0.29) is 10.0 Å². The number of thioether (sulfide) groups is 1. The molecule has 1 saturated heterocycles. The van der Waals surface area contributed by atoms with E-state index in [1.807, 2.05) is 0 Å². The van der Waals surface area contributed by atoms with Crippen LogP contribution in [0.25, 0.3) is 0 Å². The van der Waals surface area contributed by atoms with E-state index in [0.29, 0.717) is 13.1 Å². The molecule has 0 spiro atoms. The zero-order valence-electron chi connectivity index (χ0n) is 9.17. The second-order valence-corrected chi connectivity index (χ2v) is 7.15. The van der Waals surface area contributed by atoms with Crippen molar-refractivity contribution in [1.29, 1.82) is 0 Å². The Labute approximate surface area is 110 Å². The van der Waals surface area contributed by atoms with Crippen molar-refractivity contribution in [1.82, 2.24) is 9.29 Å². The minimum absolute atomic E-state index is 0.0457. The van der Waals surface area contributed by atoms with E-state index in [1.165, 1.54) is 16.6 Å². The van der Waals surface area contributed by atoms with E-state index >= 15 is 0 Å². The van der Waals surface area contributed by atoms with Crippen LogP contribution in [0.2, 0.25) is 5.15 Å². The third-order valence-corrected chi connectivity index (χ3v) is 5.92. The number of rotatable bonds is 2. The summed E-state index contributed by atoms with van der Waals surface area (Å²) in [5.74, 6) is 1.84. The maximum atomic E-state index is 12.4. The summed E-state index contributed by atoms with van der Waals surface area (Å²) in [6, 6.07) is 3.09. The number of nitrogens with zero attached hydrogens (tertiary/aromatic N) is 2. The number of sulfonamides is 1. The van der Waals surface area contributed by atoms with E-state index in [4.69, 9.17) is 11.6 Å². The van der Waals surface area contributed by atoms with Crippen LogP contribution < -0.4 is 0 Å². The van der Waals surface area contributed by atoms with Crippen LogP contribution in [0.4, 0.5) is 0 Å². The molecule has 4 nitrogen and oxygen atoms in total. The Morgan fingerprint density at radius 2 is 2.18 bits per heavy atom. The predicted molar refractivity (Wildman–Crippen MR) is 69.9 cm³/mol. The molecule has 17 heavy (non-hydrogen) atoms. The lowest BCUT2D eigenvalue weighted by molar-refractivity contribution is 0.435. The molecule has 0 amide bonds. The minimum Gasteiger partial charge on any atom is -0.243 e. The van der Waals surface area contributed by atoms with Crippen LogP contribution >= 0.6 is 23.4 Å². The van der Waals surface area contributed by atoms with Crippen LogP contribution in [0.3, 0.4) is 0 Å². The first-order valence-electron chi connectivity index (χ1n) is 5.31. The fourth-order valence-corrected chi connectivity index (χ4v) is 4.58. The summed E-state index contributed by atoms with van der Waals surface area (Å²) in [6.45, 7) is 1.10. The lowest BCUT2D eigenvalue weighted by Gasteiger charge is -2.19. The Morgan fingerprint density at radius 1 is 1.35 bits per heavy atom. The third kappa shape index (κ3) is 2.93. The molecule has 1 fully saturated rings. The molecule has 7 heteroatoms. The lowest BCUT2D eigenvalue weighted by atomic mass is 10.5. The van der Waals surface area contributed by atoms with Crippen LogP contribution in [0.1, 0.15) is 6.42 Å². The largest absolute Gasteiger partial charge is 0.246 e. The van der Waals surface area contributed by atoms with Gasteiger partial charge >= 0.3 is 0 Å². The molecule has 2 rings (SSSR count). The van der Waals surface area contributed by atoms with Gasteiger partial charge in [-0.25, -0.2) is 13.4 Å². The van der Waals surface area contributed by atoms with Crippen molar-refractivity contribution in [2.45, 2.75) is 11.3 Å². The van der Waals surface area contributed by atoms with Crippen LogP contribution in [-0.4, -0.2) is 42.3 Å². The van der Waals surface area contributed by atoms with E-state index in [9.17, 15) is 8.42 Å². The third-order valence-electron chi connectivity index (χ3n) is 2.52. The lowest BCUT2D eigenvalue weighted by Crippen LogP contribution is -2.33. The van der Waals surface area contributed by atoms with Crippen molar-refractivity contribution in [3.8, 4) is 0 Å². The van der Waals surface area contributed by atoms with Crippen molar-refractivity contribution in [3.63, 3.8) is 0 Å². The highest BCUT2D eigenvalue weighted by molar-refractivity contribution is 7.99. The molecule has 2 heterocycles. The van der Waals surface area contributed by atoms with E-state index < -0.39 is 10.0 Å². The SMILES string of the molecule is O=S(=O)(c1cccnc1Cl)N1CCCSCC1. The molecule has 1 aliphatic rings. The van der Waals surface area contributed by atoms with Crippen molar-refractivity contribution < 1.29 is 8.42 Å². The monoisotopic (exact) mass is 292 g/mol. The molecule has 94 valence electrons. The average Bonchev–Trinajstić information content (AvgIpc) is 2.58. The Hall–Kier alpha value is -0.300. The minimum atomic E-state index is -3.49. The van der Waals surface area contributed by atoms with Gasteiger partial charge in [0.05, 0.1) is 0 Å². The zero-order valence-corrected chi connectivity index (χ0v) is 11.6. The number of hydrogen-bond donors (Lipinski definition) is 0. The summed E-state index contributed by atoms with van der Waals surface area (Å²) in [4.78, 5) is 3.92. The molecule has 0 N–H and O–H groups in total. The Morgan fingerprint density at radius 3 is 2.94 bits per heavy atom. The first-order chi connectivity index (χ1) is 8.12. The standard InChI is InChI=1S/C10H13ClN2O2S2/c11-10-9(3-1-4-12-10)17(14,15)13-5-2-7-16-8-6-13/h1,3-4H,2,5-8H2. The van der Waals surface area contributed by atoms with Gasteiger partial charge in [0.2, 0.25) is 10.0 Å². The smallest absolute Gasteiger partial charge is 0.243 e. The Balaban J connectivity index is 2.32. The van der Waals surface area contributed by atoms with Crippen molar-refractivity contribution in [2.24, 2.45) is 0 Å². The van der Waals surface area contributed by atoms with Crippen LogP contribution in [0.15, 0.2) is 23.2 Å². The fraction of sp³-hybridized carbons (Fsp3) is 0.500. The molecular weight excluding hydrogens is 280 g/mol. The normalized spacial score (nSPS) is 18.9. The summed E-state index contributed by atoms with van der Waals surface area (Å²) < 4.78 is 26.2. The maximum absolute atomic E-state index is 12.4. The summed E-state index contributed by atoms with van der Waals surface area (Å²) in [5.41, 5.74) is 0. The van der Waals surface area contributed by atoms with Crippen molar-refractivity contribution in [2.75, 3.05) is 24.6 Å². The number of halogens is 1. The Bertz CT molecular complexity index is 485. The van der Waals surface area contributed by atoms with Crippen molar-refractivity contribution in [3.05, 3.63) is 23.5 Å². The quantitative estimate of drug-likeness (QED) is 0.781. The highest BCUT2D eigenvalue weighted by Gasteiger charge is 2.27. The second kappa shape index (κ2) is 5.56. The second-order valence-electron chi connectivity index (χ2n) is 3.66. The first-order valence-corrected chi connectivity index (χ1v) is 8.28. The fourth-order valence-electron chi connectivity index (χ4n) is 1.67. The number of hydrogen-bond acceptors (Lipinski definition) is 4. The number of aromatic nitrogens is 1. The molecule has 0 aliphatic carbocycles. The highest BCUT2D eigenvalue weighted by Crippen LogP contribution is 2.24. The topological polar surface area (TPSA) is 50.3 Å². The van der Waals surface area contributed by atoms with Gasteiger partial charge in [-0.15, -0.1) is 0 Å². The predicted octanol–water partition coefficient (Wildman–Crippen LogP) is 1.86. The van der Waals surface area contributed by atoms with E-state index in [1.54, 1.807) is 17.8 Å². The molecule has 0 atom stereocenters. The van der Waals surface area contributed by atoms with E-state index in [0.717, 1.165) is 17.9 Å². The molecule has 0 unspecified atom stereocenters. The molecule has 0 aromatic carbocycles. The maximum Gasteiger partial charge on any atom is 0.246 e. The van der Waals surface area contributed by atoms with Crippen LogP contribution in [-0.2, 0) is 10.0 Å². The van der Waals surface area contributed by atoms with Crippen LogP contribution in [0.5, 0.6) is 0 Å². The molecule has 0 radical (unpaired) electrons. The highest BCUT2D eigenvalue weighted by atomic mass is 35.5. The molecular formula is C10H13ClN2O2S2. The number of pyridine rings is 1. The molecule has 1 aromatic rings. The molecule has 0 saturated carbocycles. The van der Waals surface area contributed by atoms with E-state index in [2.05, 4.69) is 4.98 Å². The summed E-state index contributed by atoms with van der Waals surface area (Å²) in [7, 11) is -3.49. The van der Waals surface area contributed by atoms with Gasteiger partial charge in [0.25, 0.3) is 0 Å². The zero-order chi connectivity index (χ0) is 12.3. The van der Waals surface area contributed by atoms with Gasteiger partial charge in [0, 0.05) is 25.0 Å². The van der Waals surface area contributed by atoms with Gasteiger partial charge in [0.1, 0.15) is 10.0 Å². The summed E-state index contributed by atoms with van der Waals surface area (Å²) >= 11 is 7.63. The van der Waals surface area contributed by atoms with Gasteiger partial charge in [-0.2, -0.15) is 16.1 Å². The average molecular weight is 293 g/mol. The Kier molecular flexibility index (Phi) is 4.30. The first kappa shape index (κ1) is 13.1. The van der Waals surface area contributed by atoms with Crippen molar-refractivity contribution >= 4 is 33.4 Å². The molecule has 0 bridgehead atoms. The summed E-state index contributed by atoms with van der Waals surface area (Å²) in [6.07, 6.45) is 2.36. The summed E-state index contributed by atoms with van der Waals surface area (Å²) in [5, 5.41) is 0.0457. The molecule has 1 aliphatic heterocycles. The van der Waals surface area contributed by atoms with Gasteiger partial charge in [0.15, 0.2) is 0 Å². The van der Waals surface area contributed by atoms with Gasteiger partial charge in [-0.3, -0.25) is 0 Å².